The Morgan fingerprint density at radius 3 is 2.92 bits per heavy atom. The average molecular weight is 186 g/mol. The second-order valence-corrected chi connectivity index (χ2v) is 3.96. The van der Waals surface area contributed by atoms with Gasteiger partial charge in [-0.15, -0.1) is 0 Å². The van der Waals surface area contributed by atoms with E-state index in [0.717, 1.165) is 13.0 Å². The van der Waals surface area contributed by atoms with Crippen LogP contribution in [0, 0.1) is 0 Å². The second-order valence-electron chi connectivity index (χ2n) is 3.96. The molecule has 0 saturated carbocycles. The molecule has 1 aliphatic heterocycles. The number of likely N-dealkylation sites (tertiary alicyclic amines) is 1. The summed E-state index contributed by atoms with van der Waals surface area (Å²) in [5.41, 5.74) is 0. The molecule has 2 unspecified atom stereocenters. The molecule has 0 spiro atoms. The molecule has 1 fully saturated rings. The molecule has 1 rings (SSSR count). The van der Waals surface area contributed by atoms with Gasteiger partial charge in [0.2, 0.25) is 0 Å². The van der Waals surface area contributed by atoms with E-state index < -0.39 is 0 Å². The first kappa shape index (κ1) is 11.0. The van der Waals surface area contributed by atoms with Crippen LogP contribution in [0.15, 0.2) is 0 Å². The average Bonchev–Trinajstić information content (AvgIpc) is 2.18. The monoisotopic (exact) mass is 186 g/mol. The van der Waals surface area contributed by atoms with E-state index in [4.69, 9.17) is 10.7 Å². The predicted octanol–water partition coefficient (Wildman–Crippen LogP) is 1.53. The Morgan fingerprint density at radius 2 is 2.31 bits per heavy atom. The van der Waals surface area contributed by atoms with Gasteiger partial charge in [-0.25, -0.2) is 5.90 Å². The number of piperidine rings is 1. The molecule has 78 valence electrons. The maximum Gasteiger partial charge on any atom is 0.0774 e. The summed E-state index contributed by atoms with van der Waals surface area (Å²) in [6, 6.07) is 0.692. The molecule has 3 heteroatoms. The molecule has 0 aliphatic carbocycles. The molecular formula is C10H22N2O. The van der Waals surface area contributed by atoms with Gasteiger partial charge in [-0.1, -0.05) is 13.3 Å². The molecule has 2 N–H and O–H groups in total. The highest BCUT2D eigenvalue weighted by molar-refractivity contribution is 4.77. The van der Waals surface area contributed by atoms with E-state index >= 15 is 0 Å². The fourth-order valence-electron chi connectivity index (χ4n) is 2.18. The maximum absolute atomic E-state index is 5.16. The van der Waals surface area contributed by atoms with E-state index in [1.165, 1.54) is 25.8 Å². The van der Waals surface area contributed by atoms with Crippen LogP contribution in [0.4, 0.5) is 0 Å². The quantitative estimate of drug-likeness (QED) is 0.677. The standard InChI is InChI=1S/C10H22N2O/c1-3-12-7-5-4-6-10(12)8-9(2)13-11/h9-10H,3-8,11H2,1-2H3. The molecule has 0 aromatic carbocycles. The Bertz CT molecular complexity index is 141. The molecule has 1 aliphatic rings. The summed E-state index contributed by atoms with van der Waals surface area (Å²) in [6.45, 7) is 6.68. The van der Waals surface area contributed by atoms with Crippen LogP contribution in [0.1, 0.15) is 39.5 Å². The number of hydrogen-bond donors (Lipinski definition) is 1. The van der Waals surface area contributed by atoms with Crippen molar-refractivity contribution in [1.29, 1.82) is 0 Å². The first-order chi connectivity index (χ1) is 6.27. The summed E-state index contributed by atoms with van der Waals surface area (Å²) in [5, 5.41) is 0. The second kappa shape index (κ2) is 5.58. The van der Waals surface area contributed by atoms with Crippen LogP contribution < -0.4 is 5.90 Å². The van der Waals surface area contributed by atoms with E-state index in [-0.39, 0.29) is 6.10 Å². The highest BCUT2D eigenvalue weighted by Gasteiger charge is 2.22. The van der Waals surface area contributed by atoms with Gasteiger partial charge in [0.25, 0.3) is 0 Å². The third-order valence-electron chi connectivity index (χ3n) is 2.99. The van der Waals surface area contributed by atoms with Crippen LogP contribution in [0.25, 0.3) is 0 Å². The Labute approximate surface area is 81.2 Å². The van der Waals surface area contributed by atoms with Gasteiger partial charge in [0, 0.05) is 6.04 Å². The summed E-state index contributed by atoms with van der Waals surface area (Å²) in [4.78, 5) is 7.36. The lowest BCUT2D eigenvalue weighted by atomic mass is 9.97. The van der Waals surface area contributed by atoms with Crippen LogP contribution in [0.3, 0.4) is 0 Å². The maximum atomic E-state index is 5.16. The minimum atomic E-state index is 0.192. The summed E-state index contributed by atoms with van der Waals surface area (Å²) in [5.74, 6) is 5.16. The van der Waals surface area contributed by atoms with E-state index in [9.17, 15) is 0 Å². The highest BCUT2D eigenvalue weighted by Crippen LogP contribution is 2.20. The molecule has 0 radical (unpaired) electrons. The minimum Gasteiger partial charge on any atom is -0.302 e. The largest absolute Gasteiger partial charge is 0.302 e. The number of nitrogens with two attached hydrogens (primary N) is 1. The zero-order valence-electron chi connectivity index (χ0n) is 8.83. The Hall–Kier alpha value is -0.120. The van der Waals surface area contributed by atoms with Crippen LogP contribution in [0.2, 0.25) is 0 Å². The summed E-state index contributed by atoms with van der Waals surface area (Å²) in [6.07, 6.45) is 5.28. The lowest BCUT2D eigenvalue weighted by molar-refractivity contribution is 0.0275. The number of hydrogen-bond acceptors (Lipinski definition) is 3. The number of nitrogens with zero attached hydrogens (tertiary/aromatic N) is 1. The van der Waals surface area contributed by atoms with Crippen molar-refractivity contribution in [2.75, 3.05) is 13.1 Å². The van der Waals surface area contributed by atoms with Gasteiger partial charge in [0.05, 0.1) is 6.10 Å². The zero-order chi connectivity index (χ0) is 9.68. The van der Waals surface area contributed by atoms with Crippen molar-refractivity contribution >= 4 is 0 Å². The minimum absolute atomic E-state index is 0.192. The van der Waals surface area contributed by atoms with Crippen molar-refractivity contribution in [2.45, 2.75) is 51.7 Å². The van der Waals surface area contributed by atoms with Gasteiger partial charge in [0.15, 0.2) is 0 Å². The smallest absolute Gasteiger partial charge is 0.0774 e. The van der Waals surface area contributed by atoms with Crippen molar-refractivity contribution in [1.82, 2.24) is 4.90 Å². The fourth-order valence-corrected chi connectivity index (χ4v) is 2.18. The van der Waals surface area contributed by atoms with E-state index in [1.54, 1.807) is 0 Å². The summed E-state index contributed by atoms with van der Waals surface area (Å²) < 4.78 is 0. The zero-order valence-corrected chi connectivity index (χ0v) is 8.83. The fraction of sp³-hybridized carbons (Fsp3) is 1.00. The SMILES string of the molecule is CCN1CCCCC1CC(C)ON. The van der Waals surface area contributed by atoms with Crippen molar-refractivity contribution < 1.29 is 4.84 Å². The molecule has 2 atom stereocenters. The van der Waals surface area contributed by atoms with Gasteiger partial charge in [-0.3, -0.25) is 0 Å². The Balaban J connectivity index is 2.35. The predicted molar refractivity (Wildman–Crippen MR) is 54.2 cm³/mol. The molecule has 0 aromatic heterocycles. The molecule has 1 saturated heterocycles. The van der Waals surface area contributed by atoms with Crippen LogP contribution >= 0.6 is 0 Å². The van der Waals surface area contributed by atoms with Gasteiger partial charge >= 0.3 is 0 Å². The first-order valence-corrected chi connectivity index (χ1v) is 5.37. The normalized spacial score (nSPS) is 27.5. The Kier molecular flexibility index (Phi) is 4.70. The van der Waals surface area contributed by atoms with Gasteiger partial charge in [-0.05, 0) is 39.3 Å². The van der Waals surface area contributed by atoms with Crippen molar-refractivity contribution in [3.63, 3.8) is 0 Å². The third kappa shape index (κ3) is 3.25. The first-order valence-electron chi connectivity index (χ1n) is 5.37. The molecule has 0 bridgehead atoms. The molecule has 0 amide bonds. The topological polar surface area (TPSA) is 38.5 Å². The van der Waals surface area contributed by atoms with E-state index in [2.05, 4.69) is 11.8 Å². The molecule has 3 nitrogen and oxygen atoms in total. The molecule has 1 heterocycles. The highest BCUT2D eigenvalue weighted by atomic mass is 16.6. The van der Waals surface area contributed by atoms with E-state index in [1.807, 2.05) is 6.92 Å². The summed E-state index contributed by atoms with van der Waals surface area (Å²) >= 11 is 0. The third-order valence-corrected chi connectivity index (χ3v) is 2.99. The Morgan fingerprint density at radius 1 is 1.54 bits per heavy atom. The van der Waals surface area contributed by atoms with Crippen molar-refractivity contribution in [2.24, 2.45) is 5.90 Å². The van der Waals surface area contributed by atoms with Crippen LogP contribution in [0.5, 0.6) is 0 Å². The van der Waals surface area contributed by atoms with Crippen molar-refractivity contribution in [3.8, 4) is 0 Å². The lowest BCUT2D eigenvalue weighted by Gasteiger charge is -2.35. The molecule has 0 aromatic rings. The number of rotatable bonds is 4. The van der Waals surface area contributed by atoms with Gasteiger partial charge < -0.3 is 9.74 Å². The van der Waals surface area contributed by atoms with Gasteiger partial charge in [0.1, 0.15) is 0 Å². The van der Waals surface area contributed by atoms with Crippen LogP contribution in [-0.2, 0) is 4.84 Å². The molecular weight excluding hydrogens is 164 g/mol. The van der Waals surface area contributed by atoms with Crippen LogP contribution in [-0.4, -0.2) is 30.1 Å². The molecule has 13 heavy (non-hydrogen) atoms. The van der Waals surface area contributed by atoms with Gasteiger partial charge in [-0.2, -0.15) is 0 Å². The van der Waals surface area contributed by atoms with E-state index in [0.29, 0.717) is 6.04 Å². The summed E-state index contributed by atoms with van der Waals surface area (Å²) in [7, 11) is 0. The lowest BCUT2D eigenvalue weighted by Crippen LogP contribution is -2.41. The van der Waals surface area contributed by atoms with Crippen molar-refractivity contribution in [3.05, 3.63) is 0 Å².